The zero-order valence-corrected chi connectivity index (χ0v) is 27.4. The summed E-state index contributed by atoms with van der Waals surface area (Å²) >= 11 is 3.81. The van der Waals surface area contributed by atoms with Gasteiger partial charge in [0, 0.05) is 67.1 Å². The van der Waals surface area contributed by atoms with Gasteiger partial charge in [0.25, 0.3) is 0 Å². The van der Waals surface area contributed by atoms with Gasteiger partial charge in [-0.05, 0) is 95.9 Å². The van der Waals surface area contributed by atoms with Gasteiger partial charge in [-0.15, -0.1) is 0 Å². The maximum Gasteiger partial charge on any atom is 0.175 e. The second-order valence-corrected chi connectivity index (χ2v) is 12.7. The lowest BCUT2D eigenvalue weighted by molar-refractivity contribution is -0.117. The van der Waals surface area contributed by atoms with Crippen LogP contribution < -0.4 is 9.47 Å². The molecule has 0 bridgehead atoms. The first kappa shape index (κ1) is 30.6. The molecule has 0 saturated heterocycles. The smallest absolute Gasteiger partial charge is 0.175 e. The van der Waals surface area contributed by atoms with Gasteiger partial charge >= 0.3 is 0 Å². The number of carbonyl (C=O) groups excluding carboxylic acids is 2. The van der Waals surface area contributed by atoms with Crippen LogP contribution in [0.3, 0.4) is 0 Å². The highest BCUT2D eigenvalue weighted by Crippen LogP contribution is 2.51. The van der Waals surface area contributed by atoms with Crippen molar-refractivity contribution >= 4 is 38.3 Å². The normalized spacial score (nSPS) is 17.3. The Kier molecular flexibility index (Phi) is 9.24. The number of carbonyl (C=O) groups is 2. The molecule has 0 spiro atoms. The number of halogens is 1. The Morgan fingerprint density at radius 1 is 0.909 bits per heavy atom. The SMILES string of the molecule is CCOc1cc(C2C3=C(CCCC3=O)N(CCCOC)C3=C2C(=O)CCC3)cc(Br)c1OCc1c(C)ccc2ccccc12. The lowest BCUT2D eigenvalue weighted by Crippen LogP contribution is -2.39. The van der Waals surface area contributed by atoms with E-state index in [-0.39, 0.29) is 11.6 Å². The van der Waals surface area contributed by atoms with Crippen LogP contribution in [0.4, 0.5) is 0 Å². The molecule has 0 unspecified atom stereocenters. The summed E-state index contributed by atoms with van der Waals surface area (Å²) in [6.07, 6.45) is 5.17. The molecule has 3 aromatic rings. The van der Waals surface area contributed by atoms with Crippen LogP contribution in [0.1, 0.15) is 74.5 Å². The summed E-state index contributed by atoms with van der Waals surface area (Å²) in [4.78, 5) is 29.7. The second-order valence-electron chi connectivity index (χ2n) is 11.8. The van der Waals surface area contributed by atoms with Crippen LogP contribution >= 0.6 is 15.9 Å². The molecule has 230 valence electrons. The number of aryl methyl sites for hydroxylation is 1. The molecule has 6 nitrogen and oxygen atoms in total. The van der Waals surface area contributed by atoms with Gasteiger partial charge in [-0.2, -0.15) is 0 Å². The average molecular weight is 659 g/mol. The van der Waals surface area contributed by atoms with Gasteiger partial charge in [0.15, 0.2) is 23.1 Å². The number of hydrogen-bond donors (Lipinski definition) is 0. The van der Waals surface area contributed by atoms with Crippen molar-refractivity contribution in [3.05, 3.63) is 92.2 Å². The van der Waals surface area contributed by atoms with Crippen molar-refractivity contribution in [2.75, 3.05) is 26.9 Å². The van der Waals surface area contributed by atoms with Crippen LogP contribution in [0.25, 0.3) is 10.8 Å². The lowest BCUT2D eigenvalue weighted by Gasteiger charge is -2.44. The van der Waals surface area contributed by atoms with Crippen molar-refractivity contribution in [3.63, 3.8) is 0 Å². The van der Waals surface area contributed by atoms with Gasteiger partial charge in [-0.1, -0.05) is 36.4 Å². The predicted molar refractivity (Wildman–Crippen MR) is 176 cm³/mol. The summed E-state index contributed by atoms with van der Waals surface area (Å²) < 4.78 is 18.8. The molecule has 1 heterocycles. The predicted octanol–water partition coefficient (Wildman–Crippen LogP) is 8.34. The molecule has 0 saturated carbocycles. The van der Waals surface area contributed by atoms with Crippen LogP contribution in [0.2, 0.25) is 0 Å². The molecular formula is C37H40BrNO5. The first-order valence-corrected chi connectivity index (χ1v) is 16.6. The Bertz CT molecular complexity index is 1630. The van der Waals surface area contributed by atoms with E-state index in [9.17, 15) is 9.59 Å². The van der Waals surface area contributed by atoms with Crippen LogP contribution in [0.15, 0.2) is 75.5 Å². The van der Waals surface area contributed by atoms with Crippen LogP contribution in [0.5, 0.6) is 11.5 Å². The topological polar surface area (TPSA) is 65.1 Å². The van der Waals surface area contributed by atoms with Gasteiger partial charge in [0.1, 0.15) is 6.61 Å². The summed E-state index contributed by atoms with van der Waals surface area (Å²) in [5.74, 6) is 1.09. The summed E-state index contributed by atoms with van der Waals surface area (Å²) in [5, 5.41) is 2.34. The lowest BCUT2D eigenvalue weighted by atomic mass is 9.71. The van der Waals surface area contributed by atoms with Crippen molar-refractivity contribution in [2.45, 2.75) is 71.3 Å². The van der Waals surface area contributed by atoms with E-state index in [1.807, 2.05) is 25.1 Å². The molecule has 1 aliphatic heterocycles. The summed E-state index contributed by atoms with van der Waals surface area (Å²) in [5.41, 5.74) is 6.89. The zero-order valence-electron chi connectivity index (χ0n) is 25.8. The molecule has 7 heteroatoms. The molecule has 0 N–H and O–H groups in total. The highest BCUT2D eigenvalue weighted by Gasteiger charge is 2.43. The van der Waals surface area contributed by atoms with E-state index >= 15 is 0 Å². The van der Waals surface area contributed by atoms with E-state index < -0.39 is 5.92 Å². The van der Waals surface area contributed by atoms with Gasteiger partial charge in [0.05, 0.1) is 11.1 Å². The van der Waals surface area contributed by atoms with Gasteiger partial charge in [0.2, 0.25) is 0 Å². The first-order valence-electron chi connectivity index (χ1n) is 15.8. The number of benzene rings is 3. The highest BCUT2D eigenvalue weighted by molar-refractivity contribution is 9.10. The standard InChI is InChI=1S/C37H40BrNO5/c1-4-43-33-21-25(20-28(38)37(33)44-22-27-23(2)16-17-24-10-5-6-11-26(24)27)34-35-29(12-7-14-31(35)40)39(18-9-19-42-3)30-13-8-15-32(41)36(30)34/h5-6,10-11,16-17,20-21,34H,4,7-9,12-15,18-19,22H2,1-3H3. The summed E-state index contributed by atoms with van der Waals surface area (Å²) in [6, 6.07) is 16.6. The number of methoxy groups -OCH3 is 1. The Hall–Kier alpha value is -3.42. The fourth-order valence-corrected chi connectivity index (χ4v) is 7.70. The van der Waals surface area contributed by atoms with E-state index in [0.29, 0.717) is 44.2 Å². The number of rotatable bonds is 10. The number of allylic oxidation sites excluding steroid dienone is 4. The number of nitrogens with zero attached hydrogens (tertiary/aromatic N) is 1. The Balaban J connectivity index is 1.43. The van der Waals surface area contributed by atoms with Gasteiger partial charge < -0.3 is 19.1 Å². The number of hydrogen-bond acceptors (Lipinski definition) is 6. The van der Waals surface area contributed by atoms with Crippen molar-refractivity contribution in [2.24, 2.45) is 0 Å². The van der Waals surface area contributed by atoms with E-state index in [1.54, 1.807) is 7.11 Å². The second kappa shape index (κ2) is 13.3. The Morgan fingerprint density at radius 2 is 1.61 bits per heavy atom. The minimum Gasteiger partial charge on any atom is -0.490 e. The molecule has 0 aromatic heterocycles. The molecule has 0 radical (unpaired) electrons. The molecule has 0 fully saturated rings. The monoisotopic (exact) mass is 657 g/mol. The largest absolute Gasteiger partial charge is 0.490 e. The quantitative estimate of drug-likeness (QED) is 0.204. The van der Waals surface area contributed by atoms with E-state index in [2.05, 4.69) is 58.1 Å². The highest BCUT2D eigenvalue weighted by atomic mass is 79.9. The van der Waals surface area contributed by atoms with E-state index in [1.165, 1.54) is 10.8 Å². The third kappa shape index (κ3) is 5.72. The van der Waals surface area contributed by atoms with Crippen molar-refractivity contribution in [3.8, 4) is 11.5 Å². The fourth-order valence-electron chi connectivity index (χ4n) is 7.13. The molecule has 0 amide bonds. The molecule has 3 aliphatic rings. The Labute approximate surface area is 268 Å². The average Bonchev–Trinajstić information content (AvgIpc) is 3.02. The van der Waals surface area contributed by atoms with Crippen LogP contribution in [0, 0.1) is 6.92 Å². The van der Waals surface area contributed by atoms with Crippen molar-refractivity contribution < 1.29 is 23.8 Å². The molecule has 2 aliphatic carbocycles. The fraction of sp³-hybridized carbons (Fsp3) is 0.405. The molecule has 6 rings (SSSR count). The minimum atomic E-state index is -0.413. The number of Topliss-reactive ketones (excluding diaryl/α,β-unsaturated/α-hetero) is 2. The van der Waals surface area contributed by atoms with Crippen molar-refractivity contribution in [1.29, 1.82) is 0 Å². The summed E-state index contributed by atoms with van der Waals surface area (Å²) in [7, 11) is 1.71. The number of ketones is 2. The minimum absolute atomic E-state index is 0.138. The summed E-state index contributed by atoms with van der Waals surface area (Å²) in [6.45, 7) is 6.27. The van der Waals surface area contributed by atoms with Crippen LogP contribution in [-0.2, 0) is 20.9 Å². The van der Waals surface area contributed by atoms with E-state index in [0.717, 1.165) is 82.4 Å². The zero-order chi connectivity index (χ0) is 30.8. The maximum absolute atomic E-state index is 13.7. The number of fused-ring (bicyclic) bond motifs is 1. The van der Waals surface area contributed by atoms with Crippen molar-refractivity contribution in [1.82, 2.24) is 4.90 Å². The third-order valence-corrected chi connectivity index (χ3v) is 9.71. The maximum atomic E-state index is 13.7. The third-order valence-electron chi connectivity index (χ3n) is 9.12. The Morgan fingerprint density at radius 3 is 2.30 bits per heavy atom. The molecule has 44 heavy (non-hydrogen) atoms. The number of ether oxygens (including phenoxy) is 3. The first-order chi connectivity index (χ1) is 21.4. The van der Waals surface area contributed by atoms with E-state index in [4.69, 9.17) is 14.2 Å². The molecular weight excluding hydrogens is 618 g/mol. The van der Waals surface area contributed by atoms with Crippen LogP contribution in [-0.4, -0.2) is 43.3 Å². The molecule has 3 aromatic carbocycles. The van der Waals surface area contributed by atoms with Gasteiger partial charge in [-0.25, -0.2) is 0 Å². The molecule has 0 atom stereocenters. The van der Waals surface area contributed by atoms with Gasteiger partial charge in [-0.3, -0.25) is 9.59 Å².